The highest BCUT2D eigenvalue weighted by Crippen LogP contribution is 2.28. The Labute approximate surface area is 113 Å². The van der Waals surface area contributed by atoms with Gasteiger partial charge in [0.05, 0.1) is 18.3 Å². The van der Waals surface area contributed by atoms with Gasteiger partial charge < -0.3 is 15.4 Å². The topological polar surface area (TPSA) is 75.2 Å². The minimum Gasteiger partial charge on any atom is -0.384 e. The van der Waals surface area contributed by atoms with Crippen LogP contribution in [0.2, 0.25) is 0 Å². The molecule has 2 heterocycles. The van der Waals surface area contributed by atoms with Crippen molar-refractivity contribution in [2.45, 2.75) is 32.3 Å². The second kappa shape index (κ2) is 4.81. The number of aryl methyl sites for hydroxylation is 2. The molecule has 1 atom stereocenters. The number of amidine groups is 1. The van der Waals surface area contributed by atoms with Crippen LogP contribution in [0, 0.1) is 5.41 Å². The number of nitrogens with two attached hydrogens (primary N) is 1. The van der Waals surface area contributed by atoms with Crippen molar-refractivity contribution in [1.29, 1.82) is 5.41 Å². The lowest BCUT2D eigenvalue weighted by Crippen LogP contribution is -2.42. The Hall–Kier alpha value is -1.62. The molecule has 3 N–H and O–H groups in total. The highest BCUT2D eigenvalue weighted by Gasteiger charge is 2.24. The summed E-state index contributed by atoms with van der Waals surface area (Å²) in [6.07, 6.45) is 3.45. The predicted molar refractivity (Wildman–Crippen MR) is 74.9 cm³/mol. The summed E-state index contributed by atoms with van der Waals surface area (Å²) in [5.74, 6) is 0.972. The van der Waals surface area contributed by atoms with Gasteiger partial charge in [-0.3, -0.25) is 5.41 Å². The van der Waals surface area contributed by atoms with Gasteiger partial charge in [-0.05, 0) is 37.8 Å². The zero-order chi connectivity index (χ0) is 13.4. The van der Waals surface area contributed by atoms with Gasteiger partial charge in [0.25, 0.3) is 0 Å². The summed E-state index contributed by atoms with van der Waals surface area (Å²) >= 11 is 0. The summed E-state index contributed by atoms with van der Waals surface area (Å²) in [4.78, 5) is 6.98. The van der Waals surface area contributed by atoms with Crippen LogP contribution >= 0.6 is 0 Å². The highest BCUT2D eigenvalue weighted by molar-refractivity contribution is 6.00. The van der Waals surface area contributed by atoms with Crippen LogP contribution in [0.1, 0.15) is 30.2 Å². The summed E-state index contributed by atoms with van der Waals surface area (Å²) < 4.78 is 5.57. The molecule has 5 nitrogen and oxygen atoms in total. The molecule has 19 heavy (non-hydrogen) atoms. The van der Waals surface area contributed by atoms with Crippen molar-refractivity contribution in [3.05, 3.63) is 22.9 Å². The van der Waals surface area contributed by atoms with Crippen LogP contribution in [-0.4, -0.2) is 36.6 Å². The fraction of sp³-hybridized carbons (Fsp3) is 0.571. The molecule has 1 aliphatic carbocycles. The number of hydrogen-bond acceptors (Lipinski definition) is 4. The molecule has 3 rings (SSSR count). The number of nitrogen functional groups attached to an aromatic ring is 1. The number of nitrogens with one attached hydrogen (secondary N) is 1. The first kappa shape index (κ1) is 12.4. The molecule has 1 aromatic heterocycles. The molecule has 2 aliphatic rings. The fourth-order valence-electron chi connectivity index (χ4n) is 2.91. The second-order valence-electron chi connectivity index (χ2n) is 5.36. The molecule has 0 aromatic carbocycles. The van der Waals surface area contributed by atoms with E-state index in [0.29, 0.717) is 6.61 Å². The van der Waals surface area contributed by atoms with Crippen LogP contribution in [0.4, 0.5) is 5.82 Å². The van der Waals surface area contributed by atoms with E-state index in [9.17, 15) is 0 Å². The SMILES string of the molecule is CC1CN(c2nc3c(cc2C(=N)N)CCC3)CCO1. The number of pyridine rings is 1. The van der Waals surface area contributed by atoms with Crippen molar-refractivity contribution in [2.75, 3.05) is 24.6 Å². The molecule has 1 unspecified atom stereocenters. The third kappa shape index (κ3) is 2.30. The molecule has 0 spiro atoms. The molecule has 0 amide bonds. The molecule has 0 radical (unpaired) electrons. The number of aromatic nitrogens is 1. The van der Waals surface area contributed by atoms with Crippen LogP contribution < -0.4 is 10.6 Å². The van der Waals surface area contributed by atoms with Crippen molar-refractivity contribution in [1.82, 2.24) is 4.98 Å². The van der Waals surface area contributed by atoms with E-state index in [2.05, 4.69) is 17.9 Å². The third-order valence-corrected chi connectivity index (χ3v) is 3.86. The van der Waals surface area contributed by atoms with E-state index >= 15 is 0 Å². The van der Waals surface area contributed by atoms with Gasteiger partial charge in [-0.2, -0.15) is 0 Å². The summed E-state index contributed by atoms with van der Waals surface area (Å²) in [5, 5.41) is 7.79. The highest BCUT2D eigenvalue weighted by atomic mass is 16.5. The minimum atomic E-state index is 0.108. The van der Waals surface area contributed by atoms with Crippen molar-refractivity contribution in [2.24, 2.45) is 5.73 Å². The maximum absolute atomic E-state index is 7.79. The van der Waals surface area contributed by atoms with Gasteiger partial charge in [0.1, 0.15) is 11.7 Å². The van der Waals surface area contributed by atoms with Gasteiger partial charge in [-0.25, -0.2) is 4.98 Å². The average Bonchev–Trinajstić information content (AvgIpc) is 2.84. The normalized spacial score (nSPS) is 22.4. The Kier molecular flexibility index (Phi) is 3.14. The predicted octanol–water partition coefficient (Wildman–Crippen LogP) is 1.08. The summed E-state index contributed by atoms with van der Waals surface area (Å²) in [5.41, 5.74) is 8.95. The van der Waals surface area contributed by atoms with Gasteiger partial charge in [0.2, 0.25) is 0 Å². The molecule has 102 valence electrons. The minimum absolute atomic E-state index is 0.108. The van der Waals surface area contributed by atoms with E-state index in [4.69, 9.17) is 20.9 Å². The van der Waals surface area contributed by atoms with E-state index in [1.807, 2.05) is 0 Å². The van der Waals surface area contributed by atoms with Crippen LogP contribution in [0.25, 0.3) is 0 Å². The lowest BCUT2D eigenvalue weighted by atomic mass is 10.1. The van der Waals surface area contributed by atoms with Gasteiger partial charge in [0, 0.05) is 18.8 Å². The zero-order valence-corrected chi connectivity index (χ0v) is 11.3. The lowest BCUT2D eigenvalue weighted by molar-refractivity contribution is 0.0529. The number of morpholine rings is 1. The quantitative estimate of drug-likeness (QED) is 0.616. The van der Waals surface area contributed by atoms with E-state index < -0.39 is 0 Å². The molecule has 1 aromatic rings. The van der Waals surface area contributed by atoms with E-state index in [-0.39, 0.29) is 11.9 Å². The maximum atomic E-state index is 7.79. The van der Waals surface area contributed by atoms with Crippen LogP contribution in [-0.2, 0) is 17.6 Å². The second-order valence-corrected chi connectivity index (χ2v) is 5.36. The smallest absolute Gasteiger partial charge is 0.140 e. The van der Waals surface area contributed by atoms with Crippen molar-refractivity contribution < 1.29 is 4.74 Å². The molecule has 1 saturated heterocycles. The monoisotopic (exact) mass is 260 g/mol. The molecular weight excluding hydrogens is 240 g/mol. The molecule has 5 heteroatoms. The molecule has 0 saturated carbocycles. The first-order valence-electron chi connectivity index (χ1n) is 6.89. The van der Waals surface area contributed by atoms with Crippen LogP contribution in [0.3, 0.4) is 0 Å². The van der Waals surface area contributed by atoms with Gasteiger partial charge in [-0.15, -0.1) is 0 Å². The molecule has 1 fully saturated rings. The third-order valence-electron chi connectivity index (χ3n) is 3.86. The van der Waals surface area contributed by atoms with Gasteiger partial charge >= 0.3 is 0 Å². The Morgan fingerprint density at radius 3 is 3.11 bits per heavy atom. The number of anilines is 1. The van der Waals surface area contributed by atoms with Crippen LogP contribution in [0.5, 0.6) is 0 Å². The van der Waals surface area contributed by atoms with E-state index in [1.165, 1.54) is 11.3 Å². The fourth-order valence-corrected chi connectivity index (χ4v) is 2.91. The number of fused-ring (bicyclic) bond motifs is 1. The first-order chi connectivity index (χ1) is 9.15. The summed E-state index contributed by atoms with van der Waals surface area (Å²) in [6.45, 7) is 4.40. The van der Waals surface area contributed by atoms with Crippen molar-refractivity contribution in [3.8, 4) is 0 Å². The summed E-state index contributed by atoms with van der Waals surface area (Å²) in [6, 6.07) is 2.06. The average molecular weight is 260 g/mol. The van der Waals surface area contributed by atoms with Crippen molar-refractivity contribution >= 4 is 11.7 Å². The van der Waals surface area contributed by atoms with Gasteiger partial charge in [0.15, 0.2) is 0 Å². The summed E-state index contributed by atoms with van der Waals surface area (Å²) in [7, 11) is 0. The van der Waals surface area contributed by atoms with E-state index in [0.717, 1.165) is 43.7 Å². The standard InChI is InChI=1S/C14H20N4O/c1-9-8-18(5-6-19-9)14-11(13(15)16)7-10-3-2-4-12(10)17-14/h7,9H,2-6,8H2,1H3,(H3,15,16). The largest absolute Gasteiger partial charge is 0.384 e. The Balaban J connectivity index is 2.01. The van der Waals surface area contributed by atoms with Crippen LogP contribution in [0.15, 0.2) is 6.07 Å². The molecular formula is C14H20N4O. The zero-order valence-electron chi connectivity index (χ0n) is 11.3. The Morgan fingerprint density at radius 1 is 1.53 bits per heavy atom. The molecule has 0 bridgehead atoms. The van der Waals surface area contributed by atoms with Gasteiger partial charge in [-0.1, -0.05) is 0 Å². The van der Waals surface area contributed by atoms with Crippen molar-refractivity contribution in [3.63, 3.8) is 0 Å². The lowest BCUT2D eigenvalue weighted by Gasteiger charge is -2.33. The number of ether oxygens (including phenoxy) is 1. The van der Waals surface area contributed by atoms with E-state index in [1.54, 1.807) is 0 Å². The Bertz CT molecular complexity index is 514. The number of hydrogen-bond donors (Lipinski definition) is 2. The number of nitrogens with zero attached hydrogens (tertiary/aromatic N) is 2. The molecule has 1 aliphatic heterocycles. The number of rotatable bonds is 2. The first-order valence-corrected chi connectivity index (χ1v) is 6.89. The maximum Gasteiger partial charge on any atom is 0.140 e. The Morgan fingerprint density at radius 2 is 2.37 bits per heavy atom.